The van der Waals surface area contributed by atoms with Gasteiger partial charge in [-0.3, -0.25) is 9.69 Å². The molecular weight excluding hydrogens is 412 g/mol. The van der Waals surface area contributed by atoms with Crippen LogP contribution in [0.2, 0.25) is 5.02 Å². The van der Waals surface area contributed by atoms with Gasteiger partial charge in [-0.25, -0.2) is 4.52 Å². The highest BCUT2D eigenvalue weighted by molar-refractivity contribution is 6.30. The number of benzene rings is 2. The maximum absolute atomic E-state index is 12.7. The second-order valence-electron chi connectivity index (χ2n) is 7.81. The van der Waals surface area contributed by atoms with E-state index in [-0.39, 0.29) is 5.56 Å². The van der Waals surface area contributed by atoms with Gasteiger partial charge in [-0.1, -0.05) is 48.0 Å². The van der Waals surface area contributed by atoms with Crippen LogP contribution in [-0.4, -0.2) is 45.8 Å². The normalized spacial score (nSPS) is 14.9. The van der Waals surface area contributed by atoms with E-state index in [1.54, 1.807) is 6.07 Å². The summed E-state index contributed by atoms with van der Waals surface area (Å²) < 4.78 is 7.37. The van der Waals surface area contributed by atoms with Gasteiger partial charge in [-0.15, -0.1) is 0 Å². The first-order valence-electron chi connectivity index (χ1n) is 10.4. The van der Waals surface area contributed by atoms with Crippen LogP contribution in [0.4, 0.5) is 0 Å². The molecule has 0 bridgehead atoms. The lowest BCUT2D eigenvalue weighted by Gasteiger charge is -2.26. The van der Waals surface area contributed by atoms with E-state index >= 15 is 0 Å². The fourth-order valence-corrected chi connectivity index (χ4v) is 4.27. The molecule has 0 unspecified atom stereocenters. The number of aryl methyl sites for hydroxylation is 1. The molecule has 158 valence electrons. The predicted molar refractivity (Wildman–Crippen MR) is 123 cm³/mol. The van der Waals surface area contributed by atoms with Crippen LogP contribution in [0, 0.1) is 6.92 Å². The van der Waals surface area contributed by atoms with E-state index in [2.05, 4.69) is 9.88 Å². The molecule has 0 atom stereocenters. The summed E-state index contributed by atoms with van der Waals surface area (Å²) in [5, 5.41) is 5.67. The van der Waals surface area contributed by atoms with Crippen LogP contribution in [0.3, 0.4) is 0 Å². The summed E-state index contributed by atoms with van der Waals surface area (Å²) in [4.78, 5) is 18.0. The van der Waals surface area contributed by atoms with Crippen molar-refractivity contribution in [3.05, 3.63) is 81.2 Å². The number of hydrogen-bond acceptors (Lipinski definition) is 4. The quantitative estimate of drug-likeness (QED) is 0.524. The molecule has 31 heavy (non-hydrogen) atoms. The SMILES string of the molecule is Cc1ccccc1-c1cc(=O)[nH]c2c(-c3ccc(Cl)cc3)c(CN3CCOCC3)nn12. The highest BCUT2D eigenvalue weighted by Crippen LogP contribution is 2.32. The second-order valence-corrected chi connectivity index (χ2v) is 8.25. The number of ether oxygens (including phenoxy) is 1. The highest BCUT2D eigenvalue weighted by Gasteiger charge is 2.22. The van der Waals surface area contributed by atoms with Crippen LogP contribution in [0.1, 0.15) is 11.3 Å². The Kier molecular flexibility index (Phi) is 5.36. The van der Waals surface area contributed by atoms with Crippen molar-refractivity contribution in [1.29, 1.82) is 0 Å². The molecule has 0 amide bonds. The van der Waals surface area contributed by atoms with E-state index in [9.17, 15) is 4.79 Å². The Hall–Kier alpha value is -2.93. The van der Waals surface area contributed by atoms with Crippen LogP contribution in [-0.2, 0) is 11.3 Å². The fraction of sp³-hybridized carbons (Fsp3) is 0.250. The Morgan fingerprint density at radius 2 is 1.84 bits per heavy atom. The average molecular weight is 435 g/mol. The van der Waals surface area contributed by atoms with E-state index < -0.39 is 0 Å². The molecule has 0 saturated carbocycles. The molecule has 7 heteroatoms. The Morgan fingerprint density at radius 3 is 2.58 bits per heavy atom. The lowest BCUT2D eigenvalue weighted by Crippen LogP contribution is -2.35. The first-order valence-corrected chi connectivity index (χ1v) is 10.7. The summed E-state index contributed by atoms with van der Waals surface area (Å²) in [6.07, 6.45) is 0. The van der Waals surface area contributed by atoms with Gasteiger partial charge in [0.05, 0.1) is 24.6 Å². The number of fused-ring (bicyclic) bond motifs is 1. The van der Waals surface area contributed by atoms with Crippen molar-refractivity contribution in [3.8, 4) is 22.4 Å². The molecular formula is C24H23ClN4O2. The Labute approximate surface area is 185 Å². The molecule has 1 aliphatic heterocycles. The minimum atomic E-state index is -0.154. The summed E-state index contributed by atoms with van der Waals surface area (Å²) in [6.45, 7) is 5.87. The molecule has 2 aromatic carbocycles. The lowest BCUT2D eigenvalue weighted by molar-refractivity contribution is 0.0337. The van der Waals surface area contributed by atoms with Crippen molar-refractivity contribution in [2.75, 3.05) is 26.3 Å². The molecule has 5 rings (SSSR count). The molecule has 2 aromatic heterocycles. The fourth-order valence-electron chi connectivity index (χ4n) is 4.14. The van der Waals surface area contributed by atoms with Crippen LogP contribution >= 0.6 is 11.6 Å². The van der Waals surface area contributed by atoms with Crippen LogP contribution in [0.25, 0.3) is 28.0 Å². The molecule has 1 aliphatic rings. The summed E-state index contributed by atoms with van der Waals surface area (Å²) in [7, 11) is 0. The van der Waals surface area contributed by atoms with Crippen molar-refractivity contribution in [2.45, 2.75) is 13.5 Å². The Morgan fingerprint density at radius 1 is 1.10 bits per heavy atom. The molecule has 1 fully saturated rings. The average Bonchev–Trinajstić information content (AvgIpc) is 3.12. The number of hydrogen-bond donors (Lipinski definition) is 1. The number of H-pyrrole nitrogens is 1. The number of morpholine rings is 1. The molecule has 0 aliphatic carbocycles. The van der Waals surface area contributed by atoms with Crippen molar-refractivity contribution < 1.29 is 4.74 Å². The molecule has 0 radical (unpaired) electrons. The lowest BCUT2D eigenvalue weighted by atomic mass is 10.0. The second kappa shape index (κ2) is 8.30. The van der Waals surface area contributed by atoms with Gasteiger partial charge in [0.1, 0.15) is 5.65 Å². The molecule has 3 heterocycles. The van der Waals surface area contributed by atoms with Gasteiger partial charge in [0, 0.05) is 41.9 Å². The summed E-state index contributed by atoms with van der Waals surface area (Å²) >= 11 is 6.13. The van der Waals surface area contributed by atoms with E-state index in [1.165, 1.54) is 0 Å². The first kappa shape index (κ1) is 20.0. The van der Waals surface area contributed by atoms with Gasteiger partial charge in [-0.05, 0) is 30.2 Å². The number of nitrogens with zero attached hydrogens (tertiary/aromatic N) is 3. The third-order valence-corrected chi connectivity index (χ3v) is 5.98. The van der Waals surface area contributed by atoms with Gasteiger partial charge in [0.2, 0.25) is 0 Å². The zero-order valence-electron chi connectivity index (χ0n) is 17.3. The highest BCUT2D eigenvalue weighted by atomic mass is 35.5. The topological polar surface area (TPSA) is 62.6 Å². The molecule has 1 N–H and O–H groups in total. The van der Waals surface area contributed by atoms with Crippen molar-refractivity contribution in [2.24, 2.45) is 0 Å². The van der Waals surface area contributed by atoms with Crippen molar-refractivity contribution in [1.82, 2.24) is 19.5 Å². The maximum Gasteiger partial charge on any atom is 0.251 e. The summed E-state index contributed by atoms with van der Waals surface area (Å²) in [5.74, 6) is 0. The minimum Gasteiger partial charge on any atom is -0.379 e. The number of aromatic nitrogens is 3. The third-order valence-electron chi connectivity index (χ3n) is 5.73. The van der Waals surface area contributed by atoms with E-state index in [0.717, 1.165) is 59.9 Å². The number of aromatic amines is 1. The van der Waals surface area contributed by atoms with Crippen LogP contribution in [0.15, 0.2) is 59.4 Å². The smallest absolute Gasteiger partial charge is 0.251 e. The first-order chi connectivity index (χ1) is 15.1. The van der Waals surface area contributed by atoms with Gasteiger partial charge in [-0.2, -0.15) is 5.10 Å². The Bertz CT molecular complexity index is 1290. The molecule has 6 nitrogen and oxygen atoms in total. The van der Waals surface area contributed by atoms with Crippen molar-refractivity contribution >= 4 is 17.2 Å². The third kappa shape index (κ3) is 3.90. The largest absolute Gasteiger partial charge is 0.379 e. The standard InChI is InChI=1S/C24H23ClN4O2/c1-16-4-2-3-5-19(16)21-14-22(30)26-24-23(17-6-8-18(25)9-7-17)20(27-29(21)24)15-28-10-12-31-13-11-28/h2-9,14H,10-13,15H2,1H3,(H,26,30). The molecule has 4 aromatic rings. The Balaban J connectivity index is 1.75. The number of halogens is 1. The predicted octanol–water partition coefficient (Wildman–Crippen LogP) is 4.15. The summed E-state index contributed by atoms with van der Waals surface area (Å²) in [5.41, 5.74) is 6.21. The van der Waals surface area contributed by atoms with Gasteiger partial charge in [0.25, 0.3) is 5.56 Å². The summed E-state index contributed by atoms with van der Waals surface area (Å²) in [6, 6.07) is 17.3. The van der Waals surface area contributed by atoms with Gasteiger partial charge < -0.3 is 9.72 Å². The minimum absolute atomic E-state index is 0.154. The zero-order chi connectivity index (χ0) is 21.4. The monoisotopic (exact) mass is 434 g/mol. The van der Waals surface area contributed by atoms with E-state index in [1.807, 2.05) is 60.0 Å². The van der Waals surface area contributed by atoms with Crippen LogP contribution < -0.4 is 5.56 Å². The van der Waals surface area contributed by atoms with Gasteiger partial charge >= 0.3 is 0 Å². The molecule has 0 spiro atoms. The number of rotatable bonds is 4. The van der Waals surface area contributed by atoms with Crippen molar-refractivity contribution in [3.63, 3.8) is 0 Å². The number of nitrogens with one attached hydrogen (secondary N) is 1. The molecule has 1 saturated heterocycles. The van der Waals surface area contributed by atoms with Crippen LogP contribution in [0.5, 0.6) is 0 Å². The van der Waals surface area contributed by atoms with E-state index in [4.69, 9.17) is 21.4 Å². The zero-order valence-corrected chi connectivity index (χ0v) is 18.0. The maximum atomic E-state index is 12.7. The van der Waals surface area contributed by atoms with E-state index in [0.29, 0.717) is 17.2 Å². The van der Waals surface area contributed by atoms with Gasteiger partial charge in [0.15, 0.2) is 0 Å².